The second kappa shape index (κ2) is 18.2. The molecule has 0 radical (unpaired) electrons. The molecular weight excluding hydrogens is 681 g/mol. The summed E-state index contributed by atoms with van der Waals surface area (Å²) < 4.78 is 32.4. The number of esters is 1. The number of hydrogen-bond acceptors (Lipinski definition) is 7. The fourth-order valence-corrected chi connectivity index (χ4v) is 9.08. The molecule has 4 aromatic carbocycles. The summed E-state index contributed by atoms with van der Waals surface area (Å²) in [6, 6.07) is 36.8. The van der Waals surface area contributed by atoms with Gasteiger partial charge in [0.15, 0.2) is 0 Å². The lowest BCUT2D eigenvalue weighted by Crippen LogP contribution is -2.60. The van der Waals surface area contributed by atoms with Crippen molar-refractivity contribution in [2.75, 3.05) is 0 Å². The van der Waals surface area contributed by atoms with Crippen LogP contribution in [0.15, 0.2) is 127 Å². The first-order chi connectivity index (χ1) is 25.4. The standard InChI is InChI=1S/C45H56NO6P/c1-6-35(37-28-30-42(31-29-37)53(49,51-39-23-15-10-16-24-39)52-40-25-17-11-18-26-40)32-38(36-20-13-9-14-21-36)22-12-7-8-19-27-43(47)50-41-33-44(2,3)46(48)45(4,5)34-41/h7,9-18,20-21,23-26,28-31,35,38,41,48H,6,8,19,22,27,32-34H2,1-5H3/b12-7+. The second-order valence-electron chi connectivity index (χ2n) is 15.4. The van der Waals surface area contributed by atoms with E-state index in [1.165, 1.54) is 16.2 Å². The van der Waals surface area contributed by atoms with Crippen molar-refractivity contribution < 1.29 is 28.4 Å². The van der Waals surface area contributed by atoms with Crippen LogP contribution in [0, 0.1) is 0 Å². The molecule has 0 saturated carbocycles. The van der Waals surface area contributed by atoms with Crippen LogP contribution in [-0.2, 0) is 14.1 Å². The molecule has 2 unspecified atom stereocenters. The van der Waals surface area contributed by atoms with Gasteiger partial charge in [0.05, 0.1) is 5.30 Å². The number of carbonyl (C=O) groups excluding carboxylic acids is 1. The van der Waals surface area contributed by atoms with Crippen molar-refractivity contribution in [3.8, 4) is 11.5 Å². The van der Waals surface area contributed by atoms with E-state index in [2.05, 4.69) is 55.5 Å². The first kappa shape index (κ1) is 40.0. The van der Waals surface area contributed by atoms with E-state index in [9.17, 15) is 14.6 Å². The molecule has 1 fully saturated rings. The highest BCUT2D eigenvalue weighted by Gasteiger charge is 2.46. The summed E-state index contributed by atoms with van der Waals surface area (Å²) in [6.45, 7) is 10.1. The normalized spacial score (nSPS) is 17.2. The largest absolute Gasteiger partial charge is 0.462 e. The predicted octanol–water partition coefficient (Wildman–Crippen LogP) is 11.4. The minimum atomic E-state index is -3.75. The molecule has 0 aliphatic carbocycles. The van der Waals surface area contributed by atoms with Gasteiger partial charge in [-0.25, -0.2) is 4.57 Å². The number of benzene rings is 4. The summed E-state index contributed by atoms with van der Waals surface area (Å²) in [4.78, 5) is 12.7. The number of allylic oxidation sites excluding steroid dienone is 2. The zero-order chi connectivity index (χ0) is 37.9. The van der Waals surface area contributed by atoms with Crippen LogP contribution in [0.2, 0.25) is 0 Å². The van der Waals surface area contributed by atoms with Crippen molar-refractivity contribution in [1.82, 2.24) is 5.06 Å². The first-order valence-corrected chi connectivity index (χ1v) is 20.5. The van der Waals surface area contributed by atoms with Gasteiger partial charge in [-0.15, -0.1) is 0 Å². The summed E-state index contributed by atoms with van der Waals surface area (Å²) >= 11 is 0. The third kappa shape index (κ3) is 11.2. The fraction of sp³-hybridized carbons (Fsp3) is 0.400. The number of hydroxylamine groups is 2. The number of nitrogens with zero attached hydrogens (tertiary/aromatic N) is 1. The molecule has 4 aromatic rings. The van der Waals surface area contributed by atoms with E-state index in [1.54, 1.807) is 24.3 Å². The number of piperidine rings is 1. The Hall–Kier alpha value is -4.16. The Bertz CT molecular complexity index is 1730. The van der Waals surface area contributed by atoms with Gasteiger partial charge in [-0.05, 0) is 119 Å². The summed E-state index contributed by atoms with van der Waals surface area (Å²) in [5.74, 6) is 1.38. The van der Waals surface area contributed by atoms with E-state index in [1.807, 2.05) is 82.3 Å². The third-order valence-electron chi connectivity index (χ3n) is 10.2. The maximum Gasteiger partial charge on any atom is 0.462 e. The molecule has 1 N–H and O–H groups in total. The zero-order valence-corrected chi connectivity index (χ0v) is 32.8. The molecule has 1 aliphatic rings. The number of carbonyl (C=O) groups is 1. The smallest absolute Gasteiger partial charge is 0.462 e. The number of para-hydroxylation sites is 2. The van der Waals surface area contributed by atoms with Crippen LogP contribution in [0.5, 0.6) is 11.5 Å². The Labute approximate surface area is 316 Å². The van der Waals surface area contributed by atoms with Gasteiger partial charge in [-0.1, -0.05) is 97.9 Å². The lowest BCUT2D eigenvalue weighted by atomic mass is 9.80. The first-order valence-electron chi connectivity index (χ1n) is 19.0. The van der Waals surface area contributed by atoms with Crippen molar-refractivity contribution in [1.29, 1.82) is 0 Å². The maximum absolute atomic E-state index is 14.4. The highest BCUT2D eigenvalue weighted by atomic mass is 31.2. The zero-order valence-electron chi connectivity index (χ0n) is 31.9. The number of hydrogen-bond donors (Lipinski definition) is 1. The van der Waals surface area contributed by atoms with E-state index >= 15 is 0 Å². The Balaban J connectivity index is 1.20. The van der Waals surface area contributed by atoms with Crippen molar-refractivity contribution in [2.45, 2.75) is 115 Å². The van der Waals surface area contributed by atoms with Crippen LogP contribution in [-0.4, -0.2) is 33.4 Å². The van der Waals surface area contributed by atoms with Gasteiger partial charge in [-0.2, -0.15) is 5.06 Å². The van der Waals surface area contributed by atoms with E-state index in [0.717, 1.165) is 32.1 Å². The fourth-order valence-electron chi connectivity index (χ4n) is 7.52. The van der Waals surface area contributed by atoms with E-state index in [0.29, 0.717) is 42.0 Å². The van der Waals surface area contributed by atoms with Crippen LogP contribution < -0.4 is 14.4 Å². The minimum absolute atomic E-state index is 0.171. The molecule has 53 heavy (non-hydrogen) atoms. The lowest BCUT2D eigenvalue weighted by molar-refractivity contribution is -0.259. The summed E-state index contributed by atoms with van der Waals surface area (Å²) in [7, 11) is -3.75. The molecule has 1 saturated heterocycles. The predicted molar refractivity (Wildman–Crippen MR) is 213 cm³/mol. The Morgan fingerprint density at radius 3 is 1.81 bits per heavy atom. The van der Waals surface area contributed by atoms with Gasteiger partial charge in [-0.3, -0.25) is 4.79 Å². The molecule has 7 nitrogen and oxygen atoms in total. The number of rotatable bonds is 17. The summed E-state index contributed by atoms with van der Waals surface area (Å²) in [5.41, 5.74) is 1.57. The molecule has 0 bridgehead atoms. The number of unbranched alkanes of at least 4 members (excludes halogenated alkanes) is 1. The summed E-state index contributed by atoms with van der Waals surface area (Å²) in [6.07, 6.45) is 10.2. The Kier molecular flexibility index (Phi) is 13.8. The molecule has 0 aromatic heterocycles. The van der Waals surface area contributed by atoms with Crippen LogP contribution in [0.4, 0.5) is 0 Å². The molecular formula is C45H56NO6P. The van der Waals surface area contributed by atoms with Crippen molar-refractivity contribution in [2.24, 2.45) is 0 Å². The van der Waals surface area contributed by atoms with E-state index < -0.39 is 18.7 Å². The molecule has 8 heteroatoms. The average molecular weight is 738 g/mol. The lowest BCUT2D eigenvalue weighted by Gasteiger charge is -2.50. The number of ether oxygens (including phenoxy) is 1. The highest BCUT2D eigenvalue weighted by molar-refractivity contribution is 7.63. The Morgan fingerprint density at radius 1 is 0.774 bits per heavy atom. The molecule has 2 atom stereocenters. The van der Waals surface area contributed by atoms with Gasteiger partial charge in [0, 0.05) is 30.3 Å². The molecule has 0 spiro atoms. The van der Waals surface area contributed by atoms with Crippen LogP contribution in [0.25, 0.3) is 0 Å². The topological polar surface area (TPSA) is 85.3 Å². The SMILES string of the molecule is CCC(CC(C/C=C/CCCC(=O)OC1CC(C)(C)N(O)C(C)(C)C1)c1ccccc1)c1ccc(P(=O)(Oc2ccccc2)Oc2ccccc2)cc1. The van der Waals surface area contributed by atoms with E-state index in [-0.39, 0.29) is 18.0 Å². The van der Waals surface area contributed by atoms with Crippen molar-refractivity contribution in [3.63, 3.8) is 0 Å². The van der Waals surface area contributed by atoms with Crippen LogP contribution in [0.3, 0.4) is 0 Å². The Morgan fingerprint density at radius 2 is 1.28 bits per heavy atom. The van der Waals surface area contributed by atoms with Gasteiger partial charge >= 0.3 is 13.6 Å². The van der Waals surface area contributed by atoms with Gasteiger partial charge in [0.25, 0.3) is 0 Å². The van der Waals surface area contributed by atoms with Gasteiger partial charge in [0.2, 0.25) is 0 Å². The molecule has 0 amide bonds. The highest BCUT2D eigenvalue weighted by Crippen LogP contribution is 2.48. The van der Waals surface area contributed by atoms with E-state index in [4.69, 9.17) is 13.8 Å². The van der Waals surface area contributed by atoms with Gasteiger partial charge in [0.1, 0.15) is 17.6 Å². The summed E-state index contributed by atoms with van der Waals surface area (Å²) in [5, 5.41) is 12.5. The third-order valence-corrected chi connectivity index (χ3v) is 12.0. The molecule has 1 aliphatic heterocycles. The van der Waals surface area contributed by atoms with Crippen molar-refractivity contribution >= 4 is 18.9 Å². The molecule has 282 valence electrons. The van der Waals surface area contributed by atoms with Crippen LogP contribution in [0.1, 0.15) is 109 Å². The van der Waals surface area contributed by atoms with Crippen LogP contribution >= 0.6 is 7.60 Å². The molecule has 1 heterocycles. The van der Waals surface area contributed by atoms with Gasteiger partial charge < -0.3 is 19.0 Å². The average Bonchev–Trinajstić information content (AvgIpc) is 3.14. The molecule has 5 rings (SSSR count). The monoisotopic (exact) mass is 737 g/mol. The quantitative estimate of drug-likeness (QED) is 0.0500. The maximum atomic E-state index is 14.4. The minimum Gasteiger partial charge on any atom is -0.462 e. The van der Waals surface area contributed by atoms with Crippen molar-refractivity contribution in [3.05, 3.63) is 139 Å². The second-order valence-corrected chi connectivity index (χ2v) is 17.3.